The van der Waals surface area contributed by atoms with E-state index in [1.807, 2.05) is 31.2 Å². The van der Waals surface area contributed by atoms with Crippen molar-refractivity contribution in [2.45, 2.75) is 17.9 Å². The van der Waals surface area contributed by atoms with E-state index in [-0.39, 0.29) is 23.2 Å². The summed E-state index contributed by atoms with van der Waals surface area (Å²) in [6.45, 7) is 4.60. The van der Waals surface area contributed by atoms with Crippen LogP contribution in [0.2, 0.25) is 0 Å². The molecule has 1 saturated heterocycles. The number of sulfone groups is 1. The Morgan fingerprint density at radius 1 is 1.05 bits per heavy atom. The summed E-state index contributed by atoms with van der Waals surface area (Å²) in [5.74, 6) is 1.72. The fraction of sp³-hybridized carbons (Fsp3) is 0.310. The average molecular weight is 524 g/mol. The largest absolute Gasteiger partial charge is 0.508 e. The first kappa shape index (κ1) is 25.3. The molecular formula is C29H30FNO5S. The van der Waals surface area contributed by atoms with Gasteiger partial charge in [0.2, 0.25) is 0 Å². The molecule has 6 nitrogen and oxygen atoms in total. The smallest absolute Gasteiger partial charge is 0.175 e. The molecule has 3 aromatic rings. The second-order valence-electron chi connectivity index (χ2n) is 9.71. The molecule has 37 heavy (non-hydrogen) atoms. The Bertz CT molecular complexity index is 1410. The molecule has 2 heterocycles. The van der Waals surface area contributed by atoms with Crippen molar-refractivity contribution in [1.29, 1.82) is 0 Å². The summed E-state index contributed by atoms with van der Waals surface area (Å²) in [6.07, 6.45) is 0.750. The van der Waals surface area contributed by atoms with Gasteiger partial charge in [0.25, 0.3) is 0 Å². The van der Waals surface area contributed by atoms with Crippen LogP contribution in [0.15, 0.2) is 71.6 Å². The van der Waals surface area contributed by atoms with Gasteiger partial charge < -0.3 is 14.6 Å². The van der Waals surface area contributed by atoms with E-state index in [0.717, 1.165) is 53.2 Å². The Morgan fingerprint density at radius 3 is 2.41 bits per heavy atom. The van der Waals surface area contributed by atoms with Gasteiger partial charge >= 0.3 is 0 Å². The number of phenols is 1. The van der Waals surface area contributed by atoms with Gasteiger partial charge in [0, 0.05) is 42.9 Å². The van der Waals surface area contributed by atoms with Gasteiger partial charge in [-0.15, -0.1) is 0 Å². The van der Waals surface area contributed by atoms with E-state index < -0.39 is 15.9 Å². The molecule has 2 aliphatic rings. The van der Waals surface area contributed by atoms with E-state index >= 15 is 0 Å². The summed E-state index contributed by atoms with van der Waals surface area (Å²) in [5, 5.41) is 10.1. The normalized spacial score (nSPS) is 18.2. The maximum Gasteiger partial charge on any atom is 0.175 e. The van der Waals surface area contributed by atoms with E-state index in [9.17, 15) is 17.9 Å². The predicted octanol–water partition coefficient (Wildman–Crippen LogP) is 5.14. The number of hydrogen-bond donors (Lipinski definition) is 1. The van der Waals surface area contributed by atoms with E-state index in [2.05, 4.69) is 4.90 Å². The Labute approximate surface area is 216 Å². The molecule has 1 N–H and O–H groups in total. The number of halogens is 1. The quantitative estimate of drug-likeness (QED) is 0.441. The van der Waals surface area contributed by atoms with Crippen molar-refractivity contribution in [2.75, 3.05) is 39.2 Å². The van der Waals surface area contributed by atoms with Crippen LogP contribution in [0.1, 0.15) is 29.7 Å². The van der Waals surface area contributed by atoms with Crippen LogP contribution in [0.5, 0.6) is 17.2 Å². The number of fused-ring (bicyclic) bond motifs is 1. The van der Waals surface area contributed by atoms with Gasteiger partial charge in [0.05, 0.1) is 11.6 Å². The molecule has 0 radical (unpaired) electrons. The van der Waals surface area contributed by atoms with Crippen LogP contribution in [0.3, 0.4) is 0 Å². The van der Waals surface area contributed by atoms with E-state index in [1.54, 1.807) is 42.5 Å². The Kier molecular flexibility index (Phi) is 6.96. The van der Waals surface area contributed by atoms with Crippen molar-refractivity contribution in [3.63, 3.8) is 0 Å². The van der Waals surface area contributed by atoms with E-state index in [4.69, 9.17) is 9.47 Å². The maximum absolute atomic E-state index is 12.6. The lowest BCUT2D eigenvalue weighted by Crippen LogP contribution is -2.49. The SMILES string of the molecule is CC1=C(c2ccc(S(C)(=O)=O)cc2)[C@@H](c2ccc(OCCN3CC(CF)C3)cc2)Oc2ccc(O)cc21. The van der Waals surface area contributed by atoms with Crippen molar-refractivity contribution >= 4 is 21.0 Å². The molecule has 8 heteroatoms. The highest BCUT2D eigenvalue weighted by molar-refractivity contribution is 7.90. The molecule has 5 rings (SSSR count). The molecule has 0 amide bonds. The van der Waals surface area contributed by atoms with Crippen molar-refractivity contribution in [1.82, 2.24) is 4.90 Å². The number of aromatic hydroxyl groups is 1. The minimum atomic E-state index is -3.32. The zero-order valence-corrected chi connectivity index (χ0v) is 21.7. The molecule has 3 aromatic carbocycles. The Balaban J connectivity index is 1.40. The summed E-state index contributed by atoms with van der Waals surface area (Å²) in [7, 11) is -3.32. The van der Waals surface area contributed by atoms with Crippen LogP contribution < -0.4 is 9.47 Å². The van der Waals surface area contributed by atoms with Crippen LogP contribution in [0.4, 0.5) is 4.39 Å². The zero-order chi connectivity index (χ0) is 26.2. The third kappa shape index (κ3) is 5.36. The van der Waals surface area contributed by atoms with Gasteiger partial charge in [-0.2, -0.15) is 0 Å². The number of likely N-dealkylation sites (tertiary alicyclic amines) is 1. The lowest BCUT2D eigenvalue weighted by molar-refractivity contribution is 0.0668. The van der Waals surface area contributed by atoms with Crippen molar-refractivity contribution < 1.29 is 27.4 Å². The molecule has 0 aliphatic carbocycles. The summed E-state index contributed by atoms with van der Waals surface area (Å²) < 4.78 is 48.9. The standard InChI is InChI=1S/C29H30FNO5S/c1-19-26-15-23(32)7-12-27(26)36-29(28(19)21-5-10-25(11-6-21)37(2,33)34)22-3-8-24(9-4-22)35-14-13-31-17-20(16-30)18-31/h3-12,15,20,29,32H,13-14,16-18H2,1-2H3/t29-/m1/s1. The minimum Gasteiger partial charge on any atom is -0.508 e. The number of hydrogen-bond acceptors (Lipinski definition) is 6. The molecule has 0 bridgehead atoms. The summed E-state index contributed by atoms with van der Waals surface area (Å²) in [4.78, 5) is 2.43. The van der Waals surface area contributed by atoms with Crippen LogP contribution in [0, 0.1) is 5.92 Å². The monoisotopic (exact) mass is 523 g/mol. The number of phenolic OH excluding ortho intramolecular Hbond substituents is 1. The fourth-order valence-electron chi connectivity index (χ4n) is 4.91. The fourth-order valence-corrected chi connectivity index (χ4v) is 5.54. The molecule has 2 aliphatic heterocycles. The highest BCUT2D eigenvalue weighted by atomic mass is 32.2. The number of nitrogens with zero attached hydrogens (tertiary/aromatic N) is 1. The first-order chi connectivity index (χ1) is 17.7. The number of rotatable bonds is 8. The molecule has 194 valence electrons. The van der Waals surface area contributed by atoms with E-state index in [0.29, 0.717) is 12.4 Å². The second-order valence-corrected chi connectivity index (χ2v) is 11.7. The Hall–Kier alpha value is -3.36. The van der Waals surface area contributed by atoms with Gasteiger partial charge in [-0.05, 0) is 66.1 Å². The second kappa shape index (κ2) is 10.2. The van der Waals surface area contributed by atoms with Crippen LogP contribution in [0.25, 0.3) is 11.1 Å². The maximum atomic E-state index is 12.6. The third-order valence-corrected chi connectivity index (χ3v) is 8.11. The molecule has 0 unspecified atom stereocenters. The van der Waals surface area contributed by atoms with Gasteiger partial charge in [-0.25, -0.2) is 8.42 Å². The first-order valence-corrected chi connectivity index (χ1v) is 14.1. The molecule has 0 spiro atoms. The van der Waals surface area contributed by atoms with Gasteiger partial charge in [0.15, 0.2) is 9.84 Å². The molecule has 0 saturated carbocycles. The summed E-state index contributed by atoms with van der Waals surface area (Å²) in [5.41, 5.74) is 4.38. The molecule has 1 atom stereocenters. The van der Waals surface area contributed by atoms with Gasteiger partial charge in [0.1, 0.15) is 30.0 Å². The van der Waals surface area contributed by atoms with Gasteiger partial charge in [-0.3, -0.25) is 9.29 Å². The highest BCUT2D eigenvalue weighted by Gasteiger charge is 2.30. The number of allylic oxidation sites excluding steroid dienone is 1. The van der Waals surface area contributed by atoms with Crippen LogP contribution in [-0.4, -0.2) is 57.6 Å². The average Bonchev–Trinajstić information content (AvgIpc) is 2.85. The van der Waals surface area contributed by atoms with E-state index in [1.165, 1.54) is 6.26 Å². The number of alkyl halides is 1. The van der Waals surface area contributed by atoms with Crippen molar-refractivity contribution in [3.8, 4) is 17.2 Å². The molecular weight excluding hydrogens is 493 g/mol. The number of benzene rings is 3. The minimum absolute atomic E-state index is 0.145. The summed E-state index contributed by atoms with van der Waals surface area (Å²) >= 11 is 0. The summed E-state index contributed by atoms with van der Waals surface area (Å²) in [6, 6.07) is 19.6. The third-order valence-electron chi connectivity index (χ3n) is 6.98. The van der Waals surface area contributed by atoms with Crippen LogP contribution >= 0.6 is 0 Å². The lowest BCUT2D eigenvalue weighted by atomic mass is 9.86. The lowest BCUT2D eigenvalue weighted by Gasteiger charge is -2.37. The zero-order valence-electron chi connectivity index (χ0n) is 20.9. The van der Waals surface area contributed by atoms with Gasteiger partial charge in [-0.1, -0.05) is 24.3 Å². The molecule has 0 aromatic heterocycles. The topological polar surface area (TPSA) is 76.1 Å². The van der Waals surface area contributed by atoms with Crippen molar-refractivity contribution in [3.05, 3.63) is 83.4 Å². The first-order valence-electron chi connectivity index (χ1n) is 12.3. The van der Waals surface area contributed by atoms with Crippen LogP contribution in [-0.2, 0) is 9.84 Å². The predicted molar refractivity (Wildman–Crippen MR) is 141 cm³/mol. The number of ether oxygens (including phenoxy) is 2. The van der Waals surface area contributed by atoms with Crippen molar-refractivity contribution in [2.24, 2.45) is 5.92 Å². The Morgan fingerprint density at radius 2 is 1.76 bits per heavy atom. The molecule has 1 fully saturated rings. The highest BCUT2D eigenvalue weighted by Crippen LogP contribution is 2.47.